The van der Waals surface area contributed by atoms with Crippen LogP contribution in [-0.2, 0) is 23.1 Å². The van der Waals surface area contributed by atoms with E-state index >= 15 is 0 Å². The van der Waals surface area contributed by atoms with Gasteiger partial charge in [-0.2, -0.15) is 0 Å². The first-order valence-corrected chi connectivity index (χ1v) is 8.66. The Balaban J connectivity index is 2.10. The highest BCUT2D eigenvalue weighted by Crippen LogP contribution is 2.22. The second kappa shape index (κ2) is 7.00. The lowest BCUT2D eigenvalue weighted by molar-refractivity contribution is 0.271. The van der Waals surface area contributed by atoms with Crippen LogP contribution in [0.5, 0.6) is 0 Å². The van der Waals surface area contributed by atoms with Crippen LogP contribution in [0.1, 0.15) is 11.3 Å². The third-order valence-electron chi connectivity index (χ3n) is 3.29. The number of rotatable bonds is 6. The van der Waals surface area contributed by atoms with E-state index in [0.717, 1.165) is 4.31 Å². The molecule has 1 aromatic heterocycles. The Hall–Kier alpha value is -1.41. The van der Waals surface area contributed by atoms with Gasteiger partial charge < -0.3 is 4.42 Å². The third-order valence-corrected chi connectivity index (χ3v) is 5.33. The molecule has 126 valence electrons. The summed E-state index contributed by atoms with van der Waals surface area (Å²) in [4.78, 5) is 1.79. The van der Waals surface area contributed by atoms with Crippen molar-refractivity contribution in [3.63, 3.8) is 0 Å². The van der Waals surface area contributed by atoms with Gasteiger partial charge in [0.2, 0.25) is 5.09 Å². The molecule has 0 spiro atoms. The van der Waals surface area contributed by atoms with Gasteiger partial charge in [-0.1, -0.05) is 17.7 Å². The minimum Gasteiger partial charge on any atom is -0.447 e. The van der Waals surface area contributed by atoms with Crippen LogP contribution in [-0.4, -0.2) is 38.8 Å². The topological polar surface area (TPSA) is 53.8 Å². The van der Waals surface area contributed by atoms with Crippen molar-refractivity contribution in [3.05, 3.63) is 52.5 Å². The summed E-state index contributed by atoms with van der Waals surface area (Å²) in [5.74, 6) is 0.0973. The average molecular weight is 361 g/mol. The van der Waals surface area contributed by atoms with E-state index in [2.05, 4.69) is 0 Å². The highest BCUT2D eigenvalue weighted by Gasteiger charge is 2.22. The van der Waals surface area contributed by atoms with Crippen molar-refractivity contribution in [2.24, 2.45) is 0 Å². The van der Waals surface area contributed by atoms with Crippen LogP contribution in [0.3, 0.4) is 0 Å². The molecule has 0 saturated carbocycles. The molecule has 5 nitrogen and oxygen atoms in total. The lowest BCUT2D eigenvalue weighted by Gasteiger charge is -2.16. The summed E-state index contributed by atoms with van der Waals surface area (Å²) in [6.07, 6.45) is 0. The summed E-state index contributed by atoms with van der Waals surface area (Å²) in [5, 5.41) is 0.238. The second-order valence-electron chi connectivity index (χ2n) is 5.38. The highest BCUT2D eigenvalue weighted by molar-refractivity contribution is 7.88. The Morgan fingerprint density at radius 1 is 1.13 bits per heavy atom. The molecule has 0 aliphatic rings. The summed E-state index contributed by atoms with van der Waals surface area (Å²) < 4.78 is 44.2. The Morgan fingerprint density at radius 3 is 2.43 bits per heavy atom. The Morgan fingerprint density at radius 2 is 1.83 bits per heavy atom. The molecule has 2 rings (SSSR count). The average Bonchev–Trinajstić information content (AvgIpc) is 2.92. The van der Waals surface area contributed by atoms with Crippen LogP contribution >= 0.6 is 11.6 Å². The van der Waals surface area contributed by atoms with Crippen LogP contribution in [0, 0.1) is 5.82 Å². The van der Waals surface area contributed by atoms with Gasteiger partial charge in [-0.05, 0) is 31.3 Å². The monoisotopic (exact) mass is 360 g/mol. The van der Waals surface area contributed by atoms with Crippen LogP contribution < -0.4 is 0 Å². The smallest absolute Gasteiger partial charge is 0.275 e. The van der Waals surface area contributed by atoms with Crippen LogP contribution in [0.2, 0.25) is 5.02 Å². The SMILES string of the molecule is CN(Cc1ccc(S(=O)(=O)N(C)C)o1)Cc1c(F)cccc1Cl. The molecule has 0 amide bonds. The molecular formula is C15H18ClFN2O3S. The maximum atomic E-state index is 13.8. The van der Waals surface area contributed by atoms with Crippen molar-refractivity contribution in [1.29, 1.82) is 0 Å². The first-order chi connectivity index (χ1) is 10.7. The summed E-state index contributed by atoms with van der Waals surface area (Å²) >= 11 is 6.00. The van der Waals surface area contributed by atoms with E-state index in [0.29, 0.717) is 22.9 Å². The molecule has 0 aliphatic heterocycles. The lowest BCUT2D eigenvalue weighted by Crippen LogP contribution is -2.21. The van der Waals surface area contributed by atoms with Crippen molar-refractivity contribution in [1.82, 2.24) is 9.21 Å². The third kappa shape index (κ3) is 4.11. The number of hydrogen-bond acceptors (Lipinski definition) is 4. The van der Waals surface area contributed by atoms with Gasteiger partial charge in [-0.3, -0.25) is 4.90 Å². The predicted octanol–water partition coefficient (Wildman–Crippen LogP) is 2.95. The van der Waals surface area contributed by atoms with Gasteiger partial charge >= 0.3 is 0 Å². The summed E-state index contributed by atoms with van der Waals surface area (Å²) in [5.41, 5.74) is 0.393. The number of furan rings is 1. The van der Waals surface area contributed by atoms with E-state index in [1.165, 1.54) is 26.2 Å². The maximum absolute atomic E-state index is 13.8. The molecule has 0 unspecified atom stereocenters. The van der Waals surface area contributed by atoms with Crippen molar-refractivity contribution < 1.29 is 17.2 Å². The molecular weight excluding hydrogens is 343 g/mol. The molecule has 0 aliphatic carbocycles. The van der Waals surface area contributed by atoms with E-state index < -0.39 is 10.0 Å². The van der Waals surface area contributed by atoms with Gasteiger partial charge in [-0.25, -0.2) is 17.1 Å². The van der Waals surface area contributed by atoms with Crippen LogP contribution in [0.4, 0.5) is 4.39 Å². The van der Waals surface area contributed by atoms with Crippen molar-refractivity contribution >= 4 is 21.6 Å². The van der Waals surface area contributed by atoms with E-state index in [1.807, 2.05) is 0 Å². The number of halogens is 2. The molecule has 8 heteroatoms. The first kappa shape index (κ1) is 17.9. The quantitative estimate of drug-likeness (QED) is 0.794. The van der Waals surface area contributed by atoms with Crippen molar-refractivity contribution in [2.45, 2.75) is 18.2 Å². The minimum atomic E-state index is -3.60. The van der Waals surface area contributed by atoms with Gasteiger partial charge in [0.05, 0.1) is 6.54 Å². The van der Waals surface area contributed by atoms with Gasteiger partial charge in [0, 0.05) is 31.2 Å². The molecule has 0 atom stereocenters. The molecule has 0 N–H and O–H groups in total. The van der Waals surface area contributed by atoms with E-state index in [1.54, 1.807) is 30.1 Å². The largest absolute Gasteiger partial charge is 0.447 e. The Labute approximate surface area is 140 Å². The normalized spacial score (nSPS) is 12.3. The zero-order valence-electron chi connectivity index (χ0n) is 13.1. The molecule has 0 bridgehead atoms. The van der Waals surface area contributed by atoms with Gasteiger partial charge in [0.25, 0.3) is 10.0 Å². The van der Waals surface area contributed by atoms with Crippen LogP contribution in [0.25, 0.3) is 0 Å². The highest BCUT2D eigenvalue weighted by atomic mass is 35.5. The number of hydrogen-bond donors (Lipinski definition) is 0. The van der Waals surface area contributed by atoms with Gasteiger partial charge in [0.1, 0.15) is 11.6 Å². The molecule has 1 aromatic carbocycles. The van der Waals surface area contributed by atoms with Gasteiger partial charge in [-0.15, -0.1) is 0 Å². The van der Waals surface area contributed by atoms with E-state index in [4.69, 9.17) is 16.0 Å². The number of benzene rings is 1. The molecule has 0 radical (unpaired) electrons. The summed E-state index contributed by atoms with van der Waals surface area (Å²) in [6.45, 7) is 0.607. The molecule has 23 heavy (non-hydrogen) atoms. The maximum Gasteiger partial charge on any atom is 0.275 e. The van der Waals surface area contributed by atoms with Crippen molar-refractivity contribution in [2.75, 3.05) is 21.1 Å². The number of nitrogens with zero attached hydrogens (tertiary/aromatic N) is 2. The predicted molar refractivity (Wildman–Crippen MR) is 86.2 cm³/mol. The summed E-state index contributed by atoms with van der Waals surface area (Å²) in [6, 6.07) is 7.53. The fraction of sp³-hybridized carbons (Fsp3) is 0.333. The molecule has 2 aromatic rings. The Kier molecular flexibility index (Phi) is 5.46. The van der Waals surface area contributed by atoms with Crippen LogP contribution in [0.15, 0.2) is 39.8 Å². The Bertz CT molecular complexity index is 770. The first-order valence-electron chi connectivity index (χ1n) is 6.84. The van der Waals surface area contributed by atoms with E-state index in [-0.39, 0.29) is 17.5 Å². The molecule has 0 saturated heterocycles. The minimum absolute atomic E-state index is 0.116. The zero-order valence-corrected chi connectivity index (χ0v) is 14.7. The standard InChI is InChI=1S/C15H18ClFN2O3S/c1-18(2)23(20,21)15-8-7-11(22-15)9-19(3)10-12-13(16)5-4-6-14(12)17/h4-8H,9-10H2,1-3H3. The van der Waals surface area contributed by atoms with Crippen molar-refractivity contribution in [3.8, 4) is 0 Å². The fourth-order valence-electron chi connectivity index (χ4n) is 2.04. The molecule has 1 heterocycles. The van der Waals surface area contributed by atoms with Gasteiger partial charge in [0.15, 0.2) is 0 Å². The second-order valence-corrected chi connectivity index (χ2v) is 7.87. The molecule has 0 fully saturated rings. The zero-order chi connectivity index (χ0) is 17.2. The summed E-state index contributed by atoms with van der Waals surface area (Å²) in [7, 11) is 1.04. The number of sulfonamides is 1. The fourth-order valence-corrected chi connectivity index (χ4v) is 3.07. The lowest BCUT2D eigenvalue weighted by atomic mass is 10.2. The van der Waals surface area contributed by atoms with E-state index in [9.17, 15) is 12.8 Å².